The van der Waals surface area contributed by atoms with Crippen molar-refractivity contribution in [3.8, 4) is 0 Å². The van der Waals surface area contributed by atoms with Crippen LogP contribution in [0.15, 0.2) is 18.2 Å². The third-order valence-electron chi connectivity index (χ3n) is 3.67. The molecular weight excluding hydrogens is 335 g/mol. The third kappa shape index (κ3) is 4.60. The van der Waals surface area contributed by atoms with Crippen LogP contribution in [0.25, 0.3) is 0 Å². The van der Waals surface area contributed by atoms with E-state index in [-0.39, 0.29) is 17.5 Å². The van der Waals surface area contributed by atoms with Gasteiger partial charge in [0.15, 0.2) is 0 Å². The van der Waals surface area contributed by atoms with E-state index in [1.807, 2.05) is 0 Å². The molecule has 0 aromatic heterocycles. The minimum absolute atomic E-state index is 0.0120. The van der Waals surface area contributed by atoms with E-state index < -0.39 is 23.6 Å². The highest BCUT2D eigenvalue weighted by molar-refractivity contribution is 6.30. The smallest absolute Gasteiger partial charge is 0.410 e. The molecular formula is C17H22ClFN2O3. The Hall–Kier alpha value is -1.82. The van der Waals surface area contributed by atoms with Gasteiger partial charge < -0.3 is 10.1 Å². The van der Waals surface area contributed by atoms with Gasteiger partial charge in [-0.1, -0.05) is 23.7 Å². The minimum atomic E-state index is -0.620. The molecule has 1 N–H and O–H groups in total. The Balaban J connectivity index is 1.98. The lowest BCUT2D eigenvalue weighted by Crippen LogP contribution is -2.47. The number of rotatable bonds is 3. The molecule has 1 saturated heterocycles. The van der Waals surface area contributed by atoms with Gasteiger partial charge in [0.2, 0.25) is 5.91 Å². The molecule has 5 nitrogen and oxygen atoms in total. The summed E-state index contributed by atoms with van der Waals surface area (Å²) in [7, 11) is 0. The molecule has 132 valence electrons. The monoisotopic (exact) mass is 356 g/mol. The summed E-state index contributed by atoms with van der Waals surface area (Å²) < 4.78 is 19.2. The number of benzene rings is 1. The van der Waals surface area contributed by atoms with Crippen molar-refractivity contribution in [2.45, 2.75) is 51.8 Å². The predicted octanol–water partition coefficient (Wildman–Crippen LogP) is 3.49. The van der Waals surface area contributed by atoms with Gasteiger partial charge in [-0.05, 0) is 39.7 Å². The Bertz CT molecular complexity index is 631. The number of hydrogen-bond donors (Lipinski definition) is 1. The second kappa shape index (κ2) is 7.38. The number of nitrogens with zero attached hydrogens (tertiary/aromatic N) is 1. The number of ether oxygens (including phenoxy) is 1. The zero-order valence-corrected chi connectivity index (χ0v) is 14.8. The third-order valence-corrected chi connectivity index (χ3v) is 3.96. The number of halogens is 2. The van der Waals surface area contributed by atoms with Gasteiger partial charge in [0.05, 0.1) is 5.02 Å². The summed E-state index contributed by atoms with van der Waals surface area (Å²) in [4.78, 5) is 26.0. The molecule has 1 aromatic rings. The molecule has 2 rings (SSSR count). The van der Waals surface area contributed by atoms with Crippen molar-refractivity contribution in [2.24, 2.45) is 0 Å². The number of likely N-dealkylation sites (tertiary alicyclic amines) is 1. The van der Waals surface area contributed by atoms with Crippen LogP contribution in [0.3, 0.4) is 0 Å². The average Bonchev–Trinajstić information content (AvgIpc) is 2.96. The zero-order chi connectivity index (χ0) is 17.9. The lowest BCUT2D eigenvalue weighted by atomic mass is 10.1. The van der Waals surface area contributed by atoms with Gasteiger partial charge in [-0.2, -0.15) is 0 Å². The molecule has 0 spiro atoms. The summed E-state index contributed by atoms with van der Waals surface area (Å²) in [6, 6.07) is 4.03. The second-order valence-corrected chi connectivity index (χ2v) is 7.17. The fourth-order valence-electron chi connectivity index (χ4n) is 2.56. The van der Waals surface area contributed by atoms with Crippen LogP contribution in [0.4, 0.5) is 9.18 Å². The normalized spacial score (nSPS) is 17.7. The van der Waals surface area contributed by atoms with Crippen LogP contribution in [0, 0.1) is 5.82 Å². The first kappa shape index (κ1) is 18.5. The molecule has 0 bridgehead atoms. The maximum absolute atomic E-state index is 13.9. The van der Waals surface area contributed by atoms with Crippen LogP contribution >= 0.6 is 11.6 Å². The summed E-state index contributed by atoms with van der Waals surface area (Å²) in [6.45, 7) is 5.82. The highest BCUT2D eigenvalue weighted by Crippen LogP contribution is 2.22. The topological polar surface area (TPSA) is 58.6 Å². The zero-order valence-electron chi connectivity index (χ0n) is 14.1. The number of carbonyl (C=O) groups is 2. The first-order chi connectivity index (χ1) is 11.2. The Kier molecular flexibility index (Phi) is 5.70. The largest absolute Gasteiger partial charge is 0.444 e. The number of amides is 2. The number of hydrogen-bond acceptors (Lipinski definition) is 3. The van der Waals surface area contributed by atoms with Gasteiger partial charge in [0.1, 0.15) is 17.5 Å². The summed E-state index contributed by atoms with van der Waals surface area (Å²) in [5.74, 6) is -0.868. The molecule has 0 saturated carbocycles. The molecule has 1 fully saturated rings. The molecule has 7 heteroatoms. The summed E-state index contributed by atoms with van der Waals surface area (Å²) in [5, 5.41) is 2.68. The molecule has 1 aliphatic heterocycles. The molecule has 2 amide bonds. The van der Waals surface area contributed by atoms with E-state index in [0.29, 0.717) is 18.5 Å². The number of nitrogens with one attached hydrogen (secondary N) is 1. The van der Waals surface area contributed by atoms with Crippen molar-refractivity contribution < 1.29 is 18.7 Å². The van der Waals surface area contributed by atoms with Crippen LogP contribution < -0.4 is 5.32 Å². The molecule has 0 aliphatic carbocycles. The quantitative estimate of drug-likeness (QED) is 0.901. The highest BCUT2D eigenvalue weighted by Gasteiger charge is 2.36. The molecule has 24 heavy (non-hydrogen) atoms. The maximum atomic E-state index is 13.9. The number of carbonyl (C=O) groups excluding carboxylic acids is 2. The van der Waals surface area contributed by atoms with Crippen molar-refractivity contribution >= 4 is 23.6 Å². The lowest BCUT2D eigenvalue weighted by molar-refractivity contribution is -0.125. The van der Waals surface area contributed by atoms with Crippen LogP contribution in [-0.4, -0.2) is 35.1 Å². The van der Waals surface area contributed by atoms with E-state index in [1.54, 1.807) is 32.9 Å². The summed E-state index contributed by atoms with van der Waals surface area (Å²) >= 11 is 5.73. The van der Waals surface area contributed by atoms with Crippen LogP contribution in [0.5, 0.6) is 0 Å². The Morgan fingerprint density at radius 1 is 1.42 bits per heavy atom. The Labute approximate surface area is 146 Å². The van der Waals surface area contributed by atoms with Gasteiger partial charge in [0, 0.05) is 18.7 Å². The van der Waals surface area contributed by atoms with Gasteiger partial charge in [-0.15, -0.1) is 0 Å². The van der Waals surface area contributed by atoms with E-state index in [0.717, 1.165) is 6.42 Å². The molecule has 0 radical (unpaired) electrons. The van der Waals surface area contributed by atoms with Gasteiger partial charge in [-0.3, -0.25) is 9.69 Å². The van der Waals surface area contributed by atoms with E-state index in [4.69, 9.17) is 16.3 Å². The lowest BCUT2D eigenvalue weighted by Gasteiger charge is -2.28. The van der Waals surface area contributed by atoms with E-state index in [9.17, 15) is 14.0 Å². The Morgan fingerprint density at radius 2 is 2.12 bits per heavy atom. The van der Waals surface area contributed by atoms with E-state index in [2.05, 4.69) is 5.32 Å². The molecule has 1 aromatic carbocycles. The molecule has 1 atom stereocenters. The second-order valence-electron chi connectivity index (χ2n) is 6.76. The molecule has 1 heterocycles. The Morgan fingerprint density at radius 3 is 2.79 bits per heavy atom. The molecule has 1 aliphatic rings. The fraction of sp³-hybridized carbons (Fsp3) is 0.529. The minimum Gasteiger partial charge on any atom is -0.444 e. The molecule has 1 unspecified atom stereocenters. The van der Waals surface area contributed by atoms with Crippen molar-refractivity contribution in [3.05, 3.63) is 34.6 Å². The van der Waals surface area contributed by atoms with Crippen molar-refractivity contribution in [2.75, 3.05) is 6.54 Å². The van der Waals surface area contributed by atoms with E-state index in [1.165, 1.54) is 11.0 Å². The van der Waals surface area contributed by atoms with Gasteiger partial charge >= 0.3 is 6.09 Å². The van der Waals surface area contributed by atoms with Crippen molar-refractivity contribution in [3.63, 3.8) is 0 Å². The average molecular weight is 357 g/mol. The summed E-state index contributed by atoms with van der Waals surface area (Å²) in [6.07, 6.45) is 0.778. The fourth-order valence-corrected chi connectivity index (χ4v) is 2.76. The van der Waals surface area contributed by atoms with Crippen molar-refractivity contribution in [1.29, 1.82) is 0 Å². The maximum Gasteiger partial charge on any atom is 0.410 e. The van der Waals surface area contributed by atoms with Gasteiger partial charge in [0.25, 0.3) is 0 Å². The highest BCUT2D eigenvalue weighted by atomic mass is 35.5. The van der Waals surface area contributed by atoms with Crippen LogP contribution in [-0.2, 0) is 16.1 Å². The summed E-state index contributed by atoms with van der Waals surface area (Å²) in [5.41, 5.74) is -0.317. The van der Waals surface area contributed by atoms with Crippen LogP contribution in [0.1, 0.15) is 39.2 Å². The van der Waals surface area contributed by atoms with E-state index >= 15 is 0 Å². The standard InChI is InChI=1S/C17H22ClFN2O3/c1-17(2,3)24-16(23)21-9-5-8-13(21)15(22)20-10-11-6-4-7-12(18)14(11)19/h4,6-7,13H,5,8-10H2,1-3H3,(H,20,22). The van der Waals surface area contributed by atoms with Gasteiger partial charge in [-0.25, -0.2) is 9.18 Å². The first-order valence-corrected chi connectivity index (χ1v) is 8.27. The van der Waals surface area contributed by atoms with Crippen LogP contribution in [0.2, 0.25) is 5.02 Å². The predicted molar refractivity (Wildman–Crippen MR) is 89.2 cm³/mol. The SMILES string of the molecule is CC(C)(C)OC(=O)N1CCCC1C(=O)NCc1cccc(Cl)c1F. The van der Waals surface area contributed by atoms with Crippen molar-refractivity contribution in [1.82, 2.24) is 10.2 Å². The first-order valence-electron chi connectivity index (χ1n) is 7.89.